The van der Waals surface area contributed by atoms with Crippen LogP contribution in [-0.4, -0.2) is 4.98 Å². The quantitative estimate of drug-likeness (QED) is 0.666. The SMILES string of the molecule is CC(C)(C)c1cs[c-]n1.[Re]. The Morgan fingerprint density at radius 3 is 2.30 bits per heavy atom. The minimum absolute atomic E-state index is 0. The maximum absolute atomic E-state index is 4.08. The normalized spacial score (nSPS) is 10.7. The van der Waals surface area contributed by atoms with E-state index in [0.717, 1.165) is 5.69 Å². The van der Waals surface area contributed by atoms with E-state index < -0.39 is 0 Å². The van der Waals surface area contributed by atoms with Gasteiger partial charge >= 0.3 is 0 Å². The van der Waals surface area contributed by atoms with Crippen LogP contribution in [0.3, 0.4) is 0 Å². The predicted octanol–water partition coefficient (Wildman–Crippen LogP) is 2.24. The van der Waals surface area contributed by atoms with Gasteiger partial charge in [0.05, 0.1) is 0 Å². The summed E-state index contributed by atoms with van der Waals surface area (Å²) < 4.78 is 0. The topological polar surface area (TPSA) is 12.9 Å². The van der Waals surface area contributed by atoms with Crippen LogP contribution < -0.4 is 0 Å². The van der Waals surface area contributed by atoms with E-state index in [0.29, 0.717) is 0 Å². The zero-order valence-corrected chi connectivity index (χ0v) is 9.84. The molecule has 1 heterocycles. The van der Waals surface area contributed by atoms with Crippen molar-refractivity contribution in [3.05, 3.63) is 16.6 Å². The molecule has 3 heteroatoms. The van der Waals surface area contributed by atoms with E-state index in [4.69, 9.17) is 0 Å². The minimum Gasteiger partial charge on any atom is -0.390 e. The summed E-state index contributed by atoms with van der Waals surface area (Å²) in [5.41, 5.74) is 4.15. The fourth-order valence-corrected chi connectivity index (χ4v) is 1.25. The van der Waals surface area contributed by atoms with Crippen molar-refractivity contribution in [3.63, 3.8) is 0 Å². The Labute approximate surface area is 79.5 Å². The molecule has 1 aromatic rings. The Balaban J connectivity index is 0.000000810. The second kappa shape index (κ2) is 3.62. The average Bonchev–Trinajstić information content (AvgIpc) is 2.08. The molecule has 1 nitrogen and oxygen atoms in total. The summed E-state index contributed by atoms with van der Waals surface area (Å²) in [4.78, 5) is 4.08. The van der Waals surface area contributed by atoms with Gasteiger partial charge in [-0.15, -0.1) is 5.38 Å². The number of nitrogens with zero attached hydrogens (tertiary/aromatic N) is 1. The molecule has 0 unspecified atom stereocenters. The molecule has 0 spiro atoms. The number of hydrogen-bond donors (Lipinski definition) is 0. The minimum atomic E-state index is 0. The molecular formula is C7H10NReS-. The second-order valence-electron chi connectivity index (χ2n) is 3.07. The second-order valence-corrected chi connectivity index (χ2v) is 3.73. The van der Waals surface area contributed by atoms with Crippen LogP contribution in [0.15, 0.2) is 5.38 Å². The molecule has 1 aromatic heterocycles. The fraction of sp³-hybridized carbons (Fsp3) is 0.571. The Kier molecular flexibility index (Phi) is 3.72. The first-order chi connectivity index (χ1) is 4.11. The third-order valence-electron chi connectivity index (χ3n) is 1.16. The summed E-state index contributed by atoms with van der Waals surface area (Å²) in [6.45, 7) is 6.45. The molecule has 0 atom stereocenters. The van der Waals surface area contributed by atoms with Crippen molar-refractivity contribution in [1.82, 2.24) is 4.98 Å². The Morgan fingerprint density at radius 2 is 2.10 bits per heavy atom. The molecule has 0 aliphatic rings. The van der Waals surface area contributed by atoms with Crippen molar-refractivity contribution in [2.24, 2.45) is 0 Å². The van der Waals surface area contributed by atoms with Crippen molar-refractivity contribution in [2.75, 3.05) is 0 Å². The van der Waals surface area contributed by atoms with Crippen LogP contribution in [0.4, 0.5) is 0 Å². The molecule has 0 bridgehead atoms. The van der Waals surface area contributed by atoms with E-state index in [9.17, 15) is 0 Å². The van der Waals surface area contributed by atoms with Crippen molar-refractivity contribution in [3.8, 4) is 0 Å². The van der Waals surface area contributed by atoms with Gasteiger partial charge in [0.2, 0.25) is 0 Å². The Bertz CT molecular complexity index is 176. The smallest absolute Gasteiger partial charge is 0 e. The Hall–Kier alpha value is 0.292. The molecule has 0 saturated carbocycles. The van der Waals surface area contributed by atoms with Gasteiger partial charge in [-0.1, -0.05) is 31.9 Å². The van der Waals surface area contributed by atoms with Crippen molar-refractivity contribution >= 4 is 11.3 Å². The molecule has 0 amide bonds. The Morgan fingerprint density at radius 1 is 1.50 bits per heavy atom. The molecule has 0 aromatic carbocycles. The fourth-order valence-electron chi connectivity index (χ4n) is 0.529. The monoisotopic (exact) mass is 327 g/mol. The van der Waals surface area contributed by atoms with E-state index in [1.807, 2.05) is 5.38 Å². The molecule has 0 N–H and O–H groups in total. The maximum Gasteiger partial charge on any atom is 0 e. The summed E-state index contributed by atoms with van der Waals surface area (Å²) in [6.07, 6.45) is 0. The number of thiazole rings is 1. The van der Waals surface area contributed by atoms with Gasteiger partial charge in [-0.3, -0.25) is 11.3 Å². The molecule has 1 rings (SSSR count). The van der Waals surface area contributed by atoms with Gasteiger partial charge in [-0.05, 0) is 5.51 Å². The van der Waals surface area contributed by atoms with Gasteiger partial charge in [0.25, 0.3) is 0 Å². The van der Waals surface area contributed by atoms with Gasteiger partial charge in [-0.2, -0.15) is 0 Å². The zero-order chi connectivity index (χ0) is 6.91. The zero-order valence-electron chi connectivity index (χ0n) is 6.31. The first-order valence-corrected chi connectivity index (χ1v) is 3.81. The van der Waals surface area contributed by atoms with E-state index in [-0.39, 0.29) is 25.8 Å². The number of hydrogen-bond acceptors (Lipinski definition) is 2. The van der Waals surface area contributed by atoms with Gasteiger partial charge < -0.3 is 4.98 Å². The van der Waals surface area contributed by atoms with Gasteiger partial charge in [0, 0.05) is 20.4 Å². The summed E-state index contributed by atoms with van der Waals surface area (Å²) in [5.74, 6) is 0. The summed E-state index contributed by atoms with van der Waals surface area (Å²) in [6, 6.07) is 0. The number of aromatic nitrogens is 1. The van der Waals surface area contributed by atoms with Crippen molar-refractivity contribution in [2.45, 2.75) is 26.2 Å². The molecule has 10 heavy (non-hydrogen) atoms. The molecule has 0 aliphatic carbocycles. The van der Waals surface area contributed by atoms with E-state index in [2.05, 4.69) is 31.3 Å². The largest absolute Gasteiger partial charge is 0.390 e. The third-order valence-corrected chi connectivity index (χ3v) is 1.70. The van der Waals surface area contributed by atoms with E-state index in [1.54, 1.807) is 0 Å². The first-order valence-electron chi connectivity index (χ1n) is 2.93. The number of rotatable bonds is 0. The molecule has 1 radical (unpaired) electrons. The molecular weight excluding hydrogens is 316 g/mol. The van der Waals surface area contributed by atoms with Crippen LogP contribution in [-0.2, 0) is 25.8 Å². The van der Waals surface area contributed by atoms with Gasteiger partial charge in [-0.25, -0.2) is 0 Å². The summed E-state index contributed by atoms with van der Waals surface area (Å²) >= 11 is 1.53. The van der Waals surface area contributed by atoms with Crippen LogP contribution >= 0.6 is 11.3 Å². The van der Waals surface area contributed by atoms with Gasteiger partial charge in [0.1, 0.15) is 0 Å². The van der Waals surface area contributed by atoms with Crippen LogP contribution in [0.1, 0.15) is 26.5 Å². The van der Waals surface area contributed by atoms with Crippen LogP contribution in [0.25, 0.3) is 0 Å². The maximum atomic E-state index is 4.08. The summed E-state index contributed by atoms with van der Waals surface area (Å²) in [7, 11) is 0. The van der Waals surface area contributed by atoms with Crippen LogP contribution in [0.5, 0.6) is 0 Å². The molecule has 0 saturated heterocycles. The van der Waals surface area contributed by atoms with Crippen molar-refractivity contribution in [1.29, 1.82) is 0 Å². The van der Waals surface area contributed by atoms with E-state index in [1.165, 1.54) is 11.3 Å². The first kappa shape index (κ1) is 10.3. The van der Waals surface area contributed by atoms with Gasteiger partial charge in [0.15, 0.2) is 0 Å². The molecule has 57 valence electrons. The molecule has 0 aliphatic heterocycles. The average molecular weight is 326 g/mol. The van der Waals surface area contributed by atoms with Crippen molar-refractivity contribution < 1.29 is 20.4 Å². The third kappa shape index (κ3) is 2.50. The van der Waals surface area contributed by atoms with Crippen LogP contribution in [0, 0.1) is 5.51 Å². The van der Waals surface area contributed by atoms with E-state index >= 15 is 0 Å². The molecule has 0 fully saturated rings. The standard InChI is InChI=1S/C7H10NS.Re/c1-7(2,3)6-4-9-5-8-6;/h4H,1-3H3;/q-1;. The predicted molar refractivity (Wildman–Crippen MR) is 39.7 cm³/mol. The summed E-state index contributed by atoms with van der Waals surface area (Å²) in [5, 5.41) is 2.04. The van der Waals surface area contributed by atoms with Crippen LogP contribution in [0.2, 0.25) is 0 Å².